The van der Waals surface area contributed by atoms with Crippen LogP contribution in [0.1, 0.15) is 11.8 Å². The van der Waals surface area contributed by atoms with Crippen molar-refractivity contribution in [2.24, 2.45) is 0 Å². The second-order valence-electron chi connectivity index (χ2n) is 6.78. The summed E-state index contributed by atoms with van der Waals surface area (Å²) in [6, 6.07) is 8.52. The van der Waals surface area contributed by atoms with Crippen molar-refractivity contribution in [1.82, 2.24) is 14.5 Å². The van der Waals surface area contributed by atoms with Gasteiger partial charge in [0.2, 0.25) is 5.91 Å². The summed E-state index contributed by atoms with van der Waals surface area (Å²) < 4.78 is 15.3. The fraction of sp³-hybridized carbons (Fsp3) is 0.350. The van der Waals surface area contributed by atoms with Crippen molar-refractivity contribution in [1.29, 1.82) is 0 Å². The minimum absolute atomic E-state index is 0.0290. The van der Waals surface area contributed by atoms with Crippen LogP contribution < -0.4 is 10.5 Å². The van der Waals surface area contributed by atoms with Gasteiger partial charge in [0.05, 0.1) is 17.4 Å². The molecule has 4 rings (SSSR count). The molecule has 0 unspecified atom stereocenters. The van der Waals surface area contributed by atoms with Crippen LogP contribution in [0, 0.1) is 5.82 Å². The molecule has 0 aliphatic carbocycles. The zero-order valence-corrected chi connectivity index (χ0v) is 16.4. The lowest BCUT2D eigenvalue weighted by atomic mass is 10.2. The van der Waals surface area contributed by atoms with Crippen LogP contribution in [0.15, 0.2) is 41.5 Å². The maximum atomic E-state index is 14.0. The number of benzene rings is 1. The number of halogens is 1. The first kappa shape index (κ1) is 18.6. The van der Waals surface area contributed by atoms with Crippen LogP contribution >= 0.6 is 11.3 Å². The van der Waals surface area contributed by atoms with E-state index in [2.05, 4.69) is 4.98 Å². The highest BCUT2D eigenvalue weighted by Gasteiger charge is 2.23. The van der Waals surface area contributed by atoms with Crippen molar-refractivity contribution in [3.63, 3.8) is 0 Å². The van der Waals surface area contributed by atoms with Gasteiger partial charge in [-0.3, -0.25) is 14.2 Å². The van der Waals surface area contributed by atoms with Crippen LogP contribution in [0.4, 0.5) is 10.1 Å². The summed E-state index contributed by atoms with van der Waals surface area (Å²) in [7, 11) is 0. The number of hydrogen-bond acceptors (Lipinski definition) is 5. The zero-order valence-electron chi connectivity index (χ0n) is 15.6. The van der Waals surface area contributed by atoms with Crippen LogP contribution in [0.3, 0.4) is 0 Å². The van der Waals surface area contributed by atoms with E-state index in [1.807, 2.05) is 17.9 Å². The van der Waals surface area contributed by atoms with E-state index in [0.717, 1.165) is 11.3 Å². The van der Waals surface area contributed by atoms with Gasteiger partial charge < -0.3 is 9.80 Å². The largest absolute Gasteiger partial charge is 0.366 e. The molecule has 0 saturated carbocycles. The van der Waals surface area contributed by atoms with E-state index < -0.39 is 0 Å². The zero-order chi connectivity index (χ0) is 19.7. The smallest absolute Gasteiger partial charge is 0.262 e. The summed E-state index contributed by atoms with van der Waals surface area (Å²) in [5, 5.41) is 0.571. The Morgan fingerprint density at radius 1 is 1.21 bits per heavy atom. The molecular formula is C20H21FN4O2S. The first-order chi connectivity index (χ1) is 13.6. The molecule has 0 spiro atoms. The normalized spacial score (nSPS) is 14.6. The summed E-state index contributed by atoms with van der Waals surface area (Å²) in [5.41, 5.74) is 0.379. The van der Waals surface area contributed by atoms with E-state index in [9.17, 15) is 14.0 Å². The lowest BCUT2D eigenvalue weighted by Gasteiger charge is -2.36. The maximum Gasteiger partial charge on any atom is 0.262 e. The highest BCUT2D eigenvalue weighted by atomic mass is 32.1. The Labute approximate surface area is 165 Å². The fourth-order valence-corrected chi connectivity index (χ4v) is 4.37. The molecule has 0 N–H and O–H groups in total. The molecule has 6 nitrogen and oxygen atoms in total. The van der Waals surface area contributed by atoms with Gasteiger partial charge in [-0.05, 0) is 24.6 Å². The molecule has 1 aliphatic rings. The van der Waals surface area contributed by atoms with E-state index >= 15 is 0 Å². The number of carbonyl (C=O) groups excluding carboxylic acids is 1. The molecule has 3 heterocycles. The van der Waals surface area contributed by atoms with E-state index in [4.69, 9.17) is 0 Å². The van der Waals surface area contributed by atoms with Gasteiger partial charge in [0.25, 0.3) is 5.56 Å². The van der Waals surface area contributed by atoms with Crippen molar-refractivity contribution >= 4 is 33.1 Å². The van der Waals surface area contributed by atoms with Crippen molar-refractivity contribution in [2.75, 3.05) is 31.1 Å². The highest BCUT2D eigenvalue weighted by molar-refractivity contribution is 7.18. The van der Waals surface area contributed by atoms with Crippen LogP contribution in [-0.2, 0) is 17.8 Å². The van der Waals surface area contributed by atoms with Crippen LogP contribution in [-0.4, -0.2) is 46.5 Å². The molecule has 1 fully saturated rings. The number of piperazine rings is 1. The predicted molar refractivity (Wildman–Crippen MR) is 108 cm³/mol. The number of anilines is 1. The number of carbonyl (C=O) groups is 1. The average molecular weight is 400 g/mol. The quantitative estimate of drug-likeness (QED) is 0.675. The first-order valence-electron chi connectivity index (χ1n) is 9.32. The Morgan fingerprint density at radius 2 is 1.96 bits per heavy atom. The number of hydrogen-bond donors (Lipinski definition) is 0. The number of rotatable bonds is 4. The van der Waals surface area contributed by atoms with Gasteiger partial charge in [-0.25, -0.2) is 9.37 Å². The van der Waals surface area contributed by atoms with Gasteiger partial charge in [-0.1, -0.05) is 19.1 Å². The van der Waals surface area contributed by atoms with Gasteiger partial charge in [0.1, 0.15) is 17.2 Å². The Kier molecular flexibility index (Phi) is 5.13. The van der Waals surface area contributed by atoms with Gasteiger partial charge in [0, 0.05) is 31.1 Å². The lowest BCUT2D eigenvalue weighted by Crippen LogP contribution is -2.50. The molecule has 0 radical (unpaired) electrons. The topological polar surface area (TPSA) is 58.4 Å². The van der Waals surface area contributed by atoms with Crippen molar-refractivity contribution in [2.45, 2.75) is 19.9 Å². The average Bonchev–Trinajstić information content (AvgIpc) is 3.15. The molecule has 0 atom stereocenters. The minimum atomic E-state index is -0.254. The molecule has 1 aliphatic heterocycles. The number of nitrogens with zero attached hydrogens (tertiary/aromatic N) is 4. The highest BCUT2D eigenvalue weighted by Crippen LogP contribution is 2.22. The lowest BCUT2D eigenvalue weighted by molar-refractivity contribution is -0.132. The second kappa shape index (κ2) is 7.71. The Bertz CT molecular complexity index is 1070. The number of para-hydroxylation sites is 1. The third kappa shape index (κ3) is 3.52. The Hall–Kier alpha value is -2.74. The van der Waals surface area contributed by atoms with Crippen LogP contribution in [0.2, 0.25) is 0 Å². The van der Waals surface area contributed by atoms with Crippen LogP contribution in [0.5, 0.6) is 0 Å². The molecule has 1 aromatic carbocycles. The molecule has 8 heteroatoms. The molecule has 0 bridgehead atoms. The number of aryl methyl sites for hydroxylation is 1. The molecule has 3 aromatic rings. The minimum Gasteiger partial charge on any atom is -0.366 e. The standard InChI is InChI=1S/C20H21FN4O2S/c1-2-14-11-15-19(28-14)22-13-25(20(15)27)12-18(26)24-9-7-23(8-10-24)17-6-4-3-5-16(17)21/h3-6,11,13H,2,7-10,12H2,1H3. The SMILES string of the molecule is CCc1cc2c(=O)n(CC(=O)N3CCN(c4ccccc4F)CC3)cnc2s1. The fourth-order valence-electron chi connectivity index (χ4n) is 3.45. The van der Waals surface area contributed by atoms with E-state index in [1.54, 1.807) is 23.1 Å². The monoisotopic (exact) mass is 400 g/mol. The summed E-state index contributed by atoms with van der Waals surface area (Å²) in [4.78, 5) is 35.1. The number of fused-ring (bicyclic) bond motifs is 1. The summed E-state index contributed by atoms with van der Waals surface area (Å²) in [6.45, 7) is 4.12. The van der Waals surface area contributed by atoms with E-state index in [0.29, 0.717) is 42.1 Å². The Morgan fingerprint density at radius 3 is 2.68 bits per heavy atom. The van der Waals surface area contributed by atoms with E-state index in [1.165, 1.54) is 28.3 Å². The Balaban J connectivity index is 1.44. The number of amides is 1. The second-order valence-corrected chi connectivity index (χ2v) is 7.90. The van der Waals surface area contributed by atoms with Crippen LogP contribution in [0.25, 0.3) is 10.2 Å². The number of thiophene rings is 1. The predicted octanol–water partition coefficient (Wildman–Crippen LogP) is 2.51. The van der Waals surface area contributed by atoms with Gasteiger partial charge >= 0.3 is 0 Å². The van der Waals surface area contributed by atoms with Gasteiger partial charge in [0.15, 0.2) is 0 Å². The summed E-state index contributed by atoms with van der Waals surface area (Å²) in [5.74, 6) is -0.377. The summed E-state index contributed by atoms with van der Waals surface area (Å²) >= 11 is 1.51. The van der Waals surface area contributed by atoms with Crippen molar-refractivity contribution < 1.29 is 9.18 Å². The first-order valence-corrected chi connectivity index (χ1v) is 10.1. The number of aromatic nitrogens is 2. The maximum absolute atomic E-state index is 14.0. The van der Waals surface area contributed by atoms with Gasteiger partial charge in [-0.15, -0.1) is 11.3 Å². The van der Waals surface area contributed by atoms with E-state index in [-0.39, 0.29) is 23.8 Å². The molecular weight excluding hydrogens is 379 g/mol. The summed E-state index contributed by atoms with van der Waals surface area (Å²) in [6.07, 6.45) is 2.31. The molecule has 1 amide bonds. The molecule has 146 valence electrons. The van der Waals surface area contributed by atoms with Crippen molar-refractivity contribution in [3.8, 4) is 0 Å². The third-order valence-electron chi connectivity index (χ3n) is 5.05. The molecule has 28 heavy (non-hydrogen) atoms. The molecule has 1 saturated heterocycles. The third-order valence-corrected chi connectivity index (χ3v) is 6.24. The molecule has 2 aromatic heterocycles. The van der Waals surface area contributed by atoms with Gasteiger partial charge in [-0.2, -0.15) is 0 Å². The van der Waals surface area contributed by atoms with Crippen molar-refractivity contribution in [3.05, 3.63) is 57.7 Å².